The molecule has 0 atom stereocenters. The average Bonchev–Trinajstić information content (AvgIpc) is 3.01. The molecular formula is C16H24N2O2S. The number of thiophene rings is 1. The monoisotopic (exact) mass is 308 g/mol. The van der Waals surface area contributed by atoms with E-state index in [1.54, 1.807) is 0 Å². The SMILES string of the molecule is CCCN1CCC(NC(=O)CCC(=O)c2cccs2)CC1. The van der Waals surface area contributed by atoms with Gasteiger partial charge in [-0.3, -0.25) is 9.59 Å². The molecule has 0 unspecified atom stereocenters. The van der Waals surface area contributed by atoms with Gasteiger partial charge in [0, 0.05) is 32.0 Å². The standard InChI is InChI=1S/C16H24N2O2S/c1-2-9-18-10-7-13(8-11-18)17-16(20)6-5-14(19)15-4-3-12-21-15/h3-4,12-13H,2,5-11H2,1H3,(H,17,20). The van der Waals surface area contributed by atoms with Crippen molar-refractivity contribution in [2.24, 2.45) is 0 Å². The van der Waals surface area contributed by atoms with Crippen molar-refractivity contribution < 1.29 is 9.59 Å². The zero-order chi connectivity index (χ0) is 15.1. The molecule has 116 valence electrons. The van der Waals surface area contributed by atoms with Gasteiger partial charge in [-0.25, -0.2) is 0 Å². The largest absolute Gasteiger partial charge is 0.353 e. The molecule has 0 bridgehead atoms. The summed E-state index contributed by atoms with van der Waals surface area (Å²) in [5, 5.41) is 4.95. The third-order valence-electron chi connectivity index (χ3n) is 3.87. The Kier molecular flexibility index (Phi) is 6.39. The molecule has 2 heterocycles. The first-order chi connectivity index (χ1) is 10.2. The fourth-order valence-electron chi connectivity index (χ4n) is 2.70. The van der Waals surface area contributed by atoms with Crippen LogP contribution in [0.3, 0.4) is 0 Å². The summed E-state index contributed by atoms with van der Waals surface area (Å²) in [5.74, 6) is 0.0757. The molecule has 0 radical (unpaired) electrons. The Morgan fingerprint density at radius 2 is 2.10 bits per heavy atom. The quantitative estimate of drug-likeness (QED) is 0.788. The smallest absolute Gasteiger partial charge is 0.220 e. The molecule has 0 saturated carbocycles. The van der Waals surface area contributed by atoms with Crippen molar-refractivity contribution in [2.75, 3.05) is 19.6 Å². The van der Waals surface area contributed by atoms with Gasteiger partial charge in [0.25, 0.3) is 0 Å². The Labute approximate surface area is 130 Å². The maximum absolute atomic E-state index is 11.9. The number of hydrogen-bond acceptors (Lipinski definition) is 4. The first kappa shape index (κ1) is 16.2. The van der Waals surface area contributed by atoms with E-state index in [0.717, 1.165) is 37.4 Å². The molecule has 1 fully saturated rings. The van der Waals surface area contributed by atoms with Crippen molar-refractivity contribution in [3.8, 4) is 0 Å². The van der Waals surface area contributed by atoms with Crippen LogP contribution < -0.4 is 5.32 Å². The summed E-state index contributed by atoms with van der Waals surface area (Å²) in [7, 11) is 0. The molecule has 0 aromatic carbocycles. The summed E-state index contributed by atoms with van der Waals surface area (Å²) in [6.07, 6.45) is 3.82. The van der Waals surface area contributed by atoms with E-state index < -0.39 is 0 Å². The first-order valence-electron chi connectivity index (χ1n) is 7.77. The van der Waals surface area contributed by atoms with E-state index >= 15 is 0 Å². The zero-order valence-corrected chi connectivity index (χ0v) is 13.5. The predicted octanol–water partition coefficient (Wildman–Crippen LogP) is 2.70. The molecule has 21 heavy (non-hydrogen) atoms. The molecule has 0 aliphatic carbocycles. The highest BCUT2D eigenvalue weighted by Gasteiger charge is 2.20. The van der Waals surface area contributed by atoms with Crippen LogP contribution in [-0.4, -0.2) is 42.3 Å². The van der Waals surface area contributed by atoms with Gasteiger partial charge >= 0.3 is 0 Å². The summed E-state index contributed by atoms with van der Waals surface area (Å²) in [5.41, 5.74) is 0. The molecule has 1 aromatic rings. The second kappa shape index (κ2) is 8.29. The van der Waals surface area contributed by atoms with Gasteiger partial charge in [0.2, 0.25) is 5.91 Å². The number of ketones is 1. The summed E-state index contributed by atoms with van der Waals surface area (Å²) < 4.78 is 0. The zero-order valence-electron chi connectivity index (χ0n) is 12.6. The summed E-state index contributed by atoms with van der Waals surface area (Å²) in [6, 6.07) is 3.96. The number of amides is 1. The summed E-state index contributed by atoms with van der Waals surface area (Å²) in [4.78, 5) is 27.0. The Balaban J connectivity index is 1.65. The second-order valence-corrected chi connectivity index (χ2v) is 6.53. The van der Waals surface area contributed by atoms with Crippen LogP contribution in [0.25, 0.3) is 0 Å². The van der Waals surface area contributed by atoms with Crippen LogP contribution in [-0.2, 0) is 4.79 Å². The molecule has 4 nitrogen and oxygen atoms in total. The van der Waals surface area contributed by atoms with E-state index in [1.165, 1.54) is 17.8 Å². The number of piperidine rings is 1. The minimum Gasteiger partial charge on any atom is -0.353 e. The molecule has 1 aliphatic heterocycles. The number of carbonyl (C=O) groups is 2. The maximum atomic E-state index is 11.9. The van der Waals surface area contributed by atoms with Crippen molar-refractivity contribution >= 4 is 23.0 Å². The highest BCUT2D eigenvalue weighted by Crippen LogP contribution is 2.13. The van der Waals surface area contributed by atoms with E-state index in [9.17, 15) is 9.59 Å². The highest BCUT2D eigenvalue weighted by atomic mass is 32.1. The molecule has 2 rings (SSSR count). The maximum Gasteiger partial charge on any atom is 0.220 e. The topological polar surface area (TPSA) is 49.4 Å². The van der Waals surface area contributed by atoms with Gasteiger partial charge in [-0.2, -0.15) is 0 Å². The van der Waals surface area contributed by atoms with E-state index in [0.29, 0.717) is 12.8 Å². The van der Waals surface area contributed by atoms with E-state index in [2.05, 4.69) is 17.1 Å². The van der Waals surface area contributed by atoms with Crippen LogP contribution in [0.2, 0.25) is 0 Å². The molecule has 1 N–H and O–H groups in total. The number of nitrogens with one attached hydrogen (secondary N) is 1. The van der Waals surface area contributed by atoms with Gasteiger partial charge in [-0.1, -0.05) is 13.0 Å². The Bertz CT molecular complexity index is 451. The Hall–Kier alpha value is -1.20. The second-order valence-electron chi connectivity index (χ2n) is 5.58. The first-order valence-corrected chi connectivity index (χ1v) is 8.65. The average molecular weight is 308 g/mol. The molecule has 1 amide bonds. The van der Waals surface area contributed by atoms with Gasteiger partial charge < -0.3 is 10.2 Å². The van der Waals surface area contributed by atoms with Crippen LogP contribution in [0.5, 0.6) is 0 Å². The Morgan fingerprint density at radius 1 is 1.33 bits per heavy atom. The molecular weight excluding hydrogens is 284 g/mol. The molecule has 1 saturated heterocycles. The third kappa shape index (κ3) is 5.25. The van der Waals surface area contributed by atoms with Crippen molar-refractivity contribution in [3.05, 3.63) is 22.4 Å². The number of rotatable bonds is 7. The highest BCUT2D eigenvalue weighted by molar-refractivity contribution is 7.12. The van der Waals surface area contributed by atoms with Crippen molar-refractivity contribution in [2.45, 2.75) is 45.1 Å². The number of nitrogens with zero attached hydrogens (tertiary/aromatic N) is 1. The van der Waals surface area contributed by atoms with Gasteiger partial charge in [0.1, 0.15) is 0 Å². The van der Waals surface area contributed by atoms with Crippen LogP contribution in [0.1, 0.15) is 48.7 Å². The van der Waals surface area contributed by atoms with Crippen molar-refractivity contribution in [3.63, 3.8) is 0 Å². The van der Waals surface area contributed by atoms with Crippen LogP contribution in [0, 0.1) is 0 Å². The number of Topliss-reactive ketones (excluding diaryl/α,β-unsaturated/α-hetero) is 1. The number of likely N-dealkylation sites (tertiary alicyclic amines) is 1. The fourth-order valence-corrected chi connectivity index (χ4v) is 3.40. The van der Waals surface area contributed by atoms with Gasteiger partial charge in [-0.15, -0.1) is 11.3 Å². The van der Waals surface area contributed by atoms with Gasteiger partial charge in [0.05, 0.1) is 4.88 Å². The molecule has 1 aromatic heterocycles. The lowest BCUT2D eigenvalue weighted by Gasteiger charge is -2.32. The Morgan fingerprint density at radius 3 is 2.71 bits per heavy atom. The third-order valence-corrected chi connectivity index (χ3v) is 4.78. The van der Waals surface area contributed by atoms with Crippen LogP contribution in [0.4, 0.5) is 0 Å². The van der Waals surface area contributed by atoms with Gasteiger partial charge in [-0.05, 0) is 37.3 Å². The van der Waals surface area contributed by atoms with E-state index in [-0.39, 0.29) is 17.7 Å². The number of carbonyl (C=O) groups excluding carboxylic acids is 2. The normalized spacial score (nSPS) is 16.8. The predicted molar refractivity (Wildman–Crippen MR) is 85.8 cm³/mol. The lowest BCUT2D eigenvalue weighted by atomic mass is 10.0. The van der Waals surface area contributed by atoms with E-state index in [4.69, 9.17) is 0 Å². The summed E-state index contributed by atoms with van der Waals surface area (Å²) in [6.45, 7) is 5.47. The number of hydrogen-bond donors (Lipinski definition) is 1. The minimum atomic E-state index is 0.00819. The molecule has 5 heteroatoms. The minimum absolute atomic E-state index is 0.00819. The van der Waals surface area contributed by atoms with Crippen molar-refractivity contribution in [1.29, 1.82) is 0 Å². The van der Waals surface area contributed by atoms with Gasteiger partial charge in [0.15, 0.2) is 5.78 Å². The van der Waals surface area contributed by atoms with E-state index in [1.807, 2.05) is 17.5 Å². The lowest BCUT2D eigenvalue weighted by molar-refractivity contribution is -0.122. The van der Waals surface area contributed by atoms with Crippen LogP contribution >= 0.6 is 11.3 Å². The lowest BCUT2D eigenvalue weighted by Crippen LogP contribution is -2.44. The van der Waals surface area contributed by atoms with Crippen molar-refractivity contribution in [1.82, 2.24) is 10.2 Å². The fraction of sp³-hybridized carbons (Fsp3) is 0.625. The molecule has 0 spiro atoms. The molecule has 1 aliphatic rings. The summed E-state index contributed by atoms with van der Waals surface area (Å²) >= 11 is 1.44. The van der Waals surface area contributed by atoms with Crippen LogP contribution in [0.15, 0.2) is 17.5 Å².